The second-order valence-corrected chi connectivity index (χ2v) is 6.74. The first kappa shape index (κ1) is 14.9. The zero-order valence-corrected chi connectivity index (χ0v) is 13.6. The van der Waals surface area contributed by atoms with Crippen molar-refractivity contribution in [2.75, 3.05) is 13.1 Å². The summed E-state index contributed by atoms with van der Waals surface area (Å²) in [4.78, 5) is 2.46. The van der Waals surface area contributed by atoms with Crippen LogP contribution in [0.5, 0.6) is 0 Å². The lowest BCUT2D eigenvalue weighted by atomic mass is 10.0. The van der Waals surface area contributed by atoms with E-state index in [0.717, 1.165) is 43.4 Å². The van der Waals surface area contributed by atoms with E-state index < -0.39 is 0 Å². The topological polar surface area (TPSA) is 38.5 Å². The van der Waals surface area contributed by atoms with Crippen LogP contribution in [0.2, 0.25) is 0 Å². The van der Waals surface area contributed by atoms with Crippen molar-refractivity contribution in [1.29, 1.82) is 0 Å². The highest BCUT2D eigenvalue weighted by Gasteiger charge is 2.38. The minimum Gasteiger partial charge on any atom is -0.367 e. The van der Waals surface area contributed by atoms with Crippen LogP contribution in [0.4, 0.5) is 0 Å². The summed E-state index contributed by atoms with van der Waals surface area (Å²) in [5.41, 5.74) is 2.31. The van der Waals surface area contributed by atoms with Gasteiger partial charge in [0.2, 0.25) is 0 Å². The molecule has 1 aliphatic heterocycles. The summed E-state index contributed by atoms with van der Waals surface area (Å²) in [7, 11) is 0. The van der Waals surface area contributed by atoms with Gasteiger partial charge in [-0.1, -0.05) is 42.4 Å². The molecular weight excluding hydrogens is 288 g/mol. The van der Waals surface area contributed by atoms with Crippen LogP contribution in [0.3, 0.4) is 0 Å². The molecule has 122 valence electrons. The molecule has 1 saturated heterocycles. The van der Waals surface area contributed by atoms with Crippen LogP contribution in [0.1, 0.15) is 42.9 Å². The highest BCUT2D eigenvalue weighted by Crippen LogP contribution is 2.39. The Kier molecular flexibility index (Phi) is 4.19. The van der Waals surface area contributed by atoms with Crippen LogP contribution in [0, 0.1) is 5.92 Å². The minimum atomic E-state index is 0.157. The van der Waals surface area contributed by atoms with Crippen LogP contribution < -0.4 is 0 Å². The molecule has 4 nitrogen and oxygen atoms in total. The number of morpholine rings is 1. The van der Waals surface area contributed by atoms with E-state index in [2.05, 4.69) is 53.4 Å². The molecule has 1 aromatic heterocycles. The molecule has 1 aliphatic carbocycles. The standard InChI is InChI=1S/C19H24N2O2/c1-2-16-10-17(23-20-16)11-21-12-18(14-6-4-3-5-7-14)22-19(13-21)15-8-9-15/h3-7,10,15,18-19H,2,8-9,11-13H2,1H3/t18-,19+/m0/s1. The van der Waals surface area contributed by atoms with Gasteiger partial charge in [-0.05, 0) is 30.7 Å². The van der Waals surface area contributed by atoms with Gasteiger partial charge >= 0.3 is 0 Å². The number of ether oxygens (including phenoxy) is 1. The maximum Gasteiger partial charge on any atom is 0.150 e. The summed E-state index contributed by atoms with van der Waals surface area (Å²) in [6, 6.07) is 12.7. The highest BCUT2D eigenvalue weighted by atomic mass is 16.5. The molecule has 0 N–H and O–H groups in total. The normalized spacial score (nSPS) is 25.6. The maximum atomic E-state index is 6.40. The lowest BCUT2D eigenvalue weighted by Crippen LogP contribution is -2.44. The van der Waals surface area contributed by atoms with E-state index in [4.69, 9.17) is 9.26 Å². The maximum absolute atomic E-state index is 6.40. The predicted molar refractivity (Wildman–Crippen MR) is 87.9 cm³/mol. The number of rotatable bonds is 5. The summed E-state index contributed by atoms with van der Waals surface area (Å²) in [6.45, 7) is 4.83. The molecule has 23 heavy (non-hydrogen) atoms. The van der Waals surface area contributed by atoms with E-state index in [1.165, 1.54) is 18.4 Å². The molecule has 1 saturated carbocycles. The number of hydrogen-bond acceptors (Lipinski definition) is 4. The molecule has 1 aromatic carbocycles. The van der Waals surface area contributed by atoms with E-state index >= 15 is 0 Å². The quantitative estimate of drug-likeness (QED) is 0.846. The Balaban J connectivity index is 1.49. The fourth-order valence-electron chi connectivity index (χ4n) is 3.39. The minimum absolute atomic E-state index is 0.157. The largest absolute Gasteiger partial charge is 0.367 e. The Morgan fingerprint density at radius 2 is 2.00 bits per heavy atom. The Morgan fingerprint density at radius 3 is 2.70 bits per heavy atom. The Labute approximate surface area is 137 Å². The van der Waals surface area contributed by atoms with Crippen molar-refractivity contribution >= 4 is 0 Å². The molecule has 0 unspecified atom stereocenters. The molecule has 2 fully saturated rings. The van der Waals surface area contributed by atoms with E-state index in [0.29, 0.717) is 6.10 Å². The summed E-state index contributed by atoms with van der Waals surface area (Å²) < 4.78 is 11.9. The van der Waals surface area contributed by atoms with E-state index in [1.54, 1.807) is 0 Å². The average molecular weight is 312 g/mol. The van der Waals surface area contributed by atoms with Gasteiger partial charge in [-0.25, -0.2) is 0 Å². The van der Waals surface area contributed by atoms with Gasteiger partial charge in [0.1, 0.15) is 0 Å². The van der Waals surface area contributed by atoms with Crippen molar-refractivity contribution < 1.29 is 9.26 Å². The average Bonchev–Trinajstić information content (AvgIpc) is 3.36. The molecule has 2 aliphatic rings. The Morgan fingerprint density at radius 1 is 1.17 bits per heavy atom. The summed E-state index contributed by atoms with van der Waals surface area (Å²) in [5.74, 6) is 1.70. The van der Waals surface area contributed by atoms with E-state index in [-0.39, 0.29) is 6.10 Å². The summed E-state index contributed by atoms with van der Waals surface area (Å²) >= 11 is 0. The number of nitrogens with zero attached hydrogens (tertiary/aromatic N) is 2. The van der Waals surface area contributed by atoms with Crippen molar-refractivity contribution in [3.8, 4) is 0 Å². The van der Waals surface area contributed by atoms with E-state index in [9.17, 15) is 0 Å². The Hall–Kier alpha value is -1.65. The first-order valence-electron chi connectivity index (χ1n) is 8.69. The molecular formula is C19H24N2O2. The SMILES string of the molecule is CCc1cc(CN2C[C@@H](c3ccccc3)O[C@@H](C3CC3)C2)on1. The molecule has 4 rings (SSSR count). The third-order valence-corrected chi connectivity index (χ3v) is 4.87. The fourth-order valence-corrected chi connectivity index (χ4v) is 3.39. The van der Waals surface area contributed by atoms with Crippen molar-refractivity contribution in [3.05, 3.63) is 53.4 Å². The third kappa shape index (κ3) is 3.48. The number of aryl methyl sites for hydroxylation is 1. The van der Waals surface area contributed by atoms with Crippen LogP contribution in [0.25, 0.3) is 0 Å². The van der Waals surface area contributed by atoms with Gasteiger partial charge in [-0.2, -0.15) is 0 Å². The molecule has 2 atom stereocenters. The van der Waals surface area contributed by atoms with Gasteiger partial charge in [0.15, 0.2) is 5.76 Å². The number of hydrogen-bond donors (Lipinski definition) is 0. The van der Waals surface area contributed by atoms with Gasteiger partial charge in [0, 0.05) is 19.2 Å². The monoisotopic (exact) mass is 312 g/mol. The zero-order valence-electron chi connectivity index (χ0n) is 13.6. The molecule has 2 aromatic rings. The van der Waals surface area contributed by atoms with E-state index in [1.807, 2.05) is 0 Å². The molecule has 0 radical (unpaired) electrons. The van der Waals surface area contributed by atoms with Crippen LogP contribution in [-0.4, -0.2) is 29.3 Å². The van der Waals surface area contributed by atoms with Crippen LogP contribution in [0.15, 0.2) is 40.9 Å². The second-order valence-electron chi connectivity index (χ2n) is 6.74. The molecule has 2 heterocycles. The zero-order chi connectivity index (χ0) is 15.6. The van der Waals surface area contributed by atoms with Gasteiger partial charge in [0.05, 0.1) is 24.4 Å². The molecule has 0 bridgehead atoms. The van der Waals surface area contributed by atoms with Gasteiger partial charge < -0.3 is 9.26 Å². The highest BCUT2D eigenvalue weighted by molar-refractivity contribution is 5.19. The first-order chi connectivity index (χ1) is 11.3. The van der Waals surface area contributed by atoms with Crippen molar-refractivity contribution in [1.82, 2.24) is 10.1 Å². The predicted octanol–water partition coefficient (Wildman–Crippen LogP) is 3.59. The van der Waals surface area contributed by atoms with Gasteiger partial charge in [-0.15, -0.1) is 0 Å². The Bertz CT molecular complexity index is 636. The fraction of sp³-hybridized carbons (Fsp3) is 0.526. The summed E-state index contributed by atoms with van der Waals surface area (Å²) in [5, 5.41) is 4.11. The molecule has 4 heteroatoms. The summed E-state index contributed by atoms with van der Waals surface area (Å²) in [6.07, 6.45) is 4.04. The van der Waals surface area contributed by atoms with Crippen molar-refractivity contribution in [2.45, 2.75) is 44.9 Å². The number of aromatic nitrogens is 1. The van der Waals surface area contributed by atoms with Crippen molar-refractivity contribution in [3.63, 3.8) is 0 Å². The smallest absolute Gasteiger partial charge is 0.150 e. The van der Waals surface area contributed by atoms with Gasteiger partial charge in [0.25, 0.3) is 0 Å². The molecule has 0 spiro atoms. The van der Waals surface area contributed by atoms with Crippen LogP contribution >= 0.6 is 0 Å². The second kappa shape index (κ2) is 6.46. The lowest BCUT2D eigenvalue weighted by molar-refractivity contribution is -0.0999. The number of benzene rings is 1. The van der Waals surface area contributed by atoms with Crippen LogP contribution in [-0.2, 0) is 17.7 Å². The third-order valence-electron chi connectivity index (χ3n) is 4.87. The first-order valence-corrected chi connectivity index (χ1v) is 8.69. The van der Waals surface area contributed by atoms with Crippen molar-refractivity contribution in [2.24, 2.45) is 5.92 Å². The molecule has 0 amide bonds. The van der Waals surface area contributed by atoms with Gasteiger partial charge in [-0.3, -0.25) is 4.90 Å². The lowest BCUT2D eigenvalue weighted by Gasteiger charge is -2.38.